The van der Waals surface area contributed by atoms with Crippen LogP contribution in [0.15, 0.2) is 76.5 Å². The van der Waals surface area contributed by atoms with Gasteiger partial charge < -0.3 is 23.8 Å². The number of rotatable bonds is 12. The Morgan fingerprint density at radius 1 is 1.18 bits per heavy atom. The quantitative estimate of drug-likeness (QED) is 0.433. The van der Waals surface area contributed by atoms with Crippen molar-refractivity contribution >= 4 is 5.71 Å². The first-order valence-electron chi connectivity index (χ1n) is 11.2. The number of halogens is 1. The second-order valence-corrected chi connectivity index (χ2v) is 8.24. The highest BCUT2D eigenvalue weighted by molar-refractivity contribution is 6.01. The van der Waals surface area contributed by atoms with Crippen molar-refractivity contribution in [1.82, 2.24) is 4.90 Å². The topological polar surface area (TPSA) is 76.7 Å². The molecule has 4 rings (SSSR count). The standard InChI is InChI=1S/C26H29FN2O5/c1-31-21-7-4-6-19(12-21)14-29(15-20(30)17-32-18-22-8-5-11-33-22)16-23-13-26(28-34-23)24-9-2-3-10-25(24)27/h2-12,20,23,30H,13-18H2,1H3. The van der Waals surface area contributed by atoms with Gasteiger partial charge in [0.1, 0.15) is 30.0 Å². The summed E-state index contributed by atoms with van der Waals surface area (Å²) in [6, 6.07) is 18.0. The molecule has 1 aliphatic rings. The van der Waals surface area contributed by atoms with Crippen molar-refractivity contribution in [2.24, 2.45) is 5.16 Å². The maximum absolute atomic E-state index is 14.2. The number of furan rings is 1. The molecule has 7 nitrogen and oxygen atoms in total. The highest BCUT2D eigenvalue weighted by Gasteiger charge is 2.27. The molecule has 180 valence electrons. The smallest absolute Gasteiger partial charge is 0.145 e. The summed E-state index contributed by atoms with van der Waals surface area (Å²) in [5, 5.41) is 14.8. The van der Waals surface area contributed by atoms with E-state index < -0.39 is 6.10 Å². The van der Waals surface area contributed by atoms with Crippen LogP contribution in [0.3, 0.4) is 0 Å². The minimum absolute atomic E-state index is 0.164. The Labute approximate surface area is 198 Å². The van der Waals surface area contributed by atoms with Gasteiger partial charge in [-0.25, -0.2) is 4.39 Å². The molecule has 2 aromatic carbocycles. The number of hydrogen-bond acceptors (Lipinski definition) is 7. The summed E-state index contributed by atoms with van der Waals surface area (Å²) < 4.78 is 30.4. The number of oxime groups is 1. The summed E-state index contributed by atoms with van der Waals surface area (Å²) in [7, 11) is 1.63. The fraction of sp³-hybridized carbons (Fsp3) is 0.346. The van der Waals surface area contributed by atoms with E-state index in [1.54, 1.807) is 37.6 Å². The van der Waals surface area contributed by atoms with Gasteiger partial charge in [0.25, 0.3) is 0 Å². The molecule has 0 saturated carbocycles. The van der Waals surface area contributed by atoms with Crippen molar-refractivity contribution in [1.29, 1.82) is 0 Å². The van der Waals surface area contributed by atoms with Crippen LogP contribution in [0, 0.1) is 5.82 Å². The van der Waals surface area contributed by atoms with Crippen LogP contribution in [0.25, 0.3) is 0 Å². The lowest BCUT2D eigenvalue weighted by atomic mass is 10.0. The molecule has 0 saturated heterocycles. The predicted molar refractivity (Wildman–Crippen MR) is 125 cm³/mol. The minimum atomic E-state index is -0.714. The lowest BCUT2D eigenvalue weighted by Crippen LogP contribution is -2.39. The molecule has 0 radical (unpaired) electrons. The van der Waals surface area contributed by atoms with Gasteiger partial charge in [-0.1, -0.05) is 35.5 Å². The Morgan fingerprint density at radius 3 is 2.85 bits per heavy atom. The van der Waals surface area contributed by atoms with E-state index in [-0.39, 0.29) is 18.5 Å². The average molecular weight is 469 g/mol. The number of nitrogens with zero attached hydrogens (tertiary/aromatic N) is 2. The first-order chi connectivity index (χ1) is 16.6. The summed E-state index contributed by atoms with van der Waals surface area (Å²) in [6.07, 6.45) is 1.11. The summed E-state index contributed by atoms with van der Waals surface area (Å²) in [5.41, 5.74) is 2.08. The molecule has 2 heterocycles. The molecule has 1 N–H and O–H groups in total. The Kier molecular flexibility index (Phi) is 8.30. The number of ether oxygens (including phenoxy) is 2. The third-order valence-corrected chi connectivity index (χ3v) is 5.52. The predicted octanol–water partition coefficient (Wildman–Crippen LogP) is 4.00. The summed E-state index contributed by atoms with van der Waals surface area (Å²) in [5.74, 6) is 1.16. The second kappa shape index (κ2) is 11.8. The van der Waals surface area contributed by atoms with E-state index in [9.17, 15) is 9.50 Å². The van der Waals surface area contributed by atoms with E-state index >= 15 is 0 Å². The molecule has 0 spiro atoms. The monoisotopic (exact) mass is 468 g/mol. The van der Waals surface area contributed by atoms with Crippen molar-refractivity contribution in [3.63, 3.8) is 0 Å². The normalized spacial score (nSPS) is 16.4. The summed E-state index contributed by atoms with van der Waals surface area (Å²) in [4.78, 5) is 7.71. The maximum Gasteiger partial charge on any atom is 0.145 e. The molecule has 8 heteroatoms. The van der Waals surface area contributed by atoms with E-state index in [1.165, 1.54) is 6.07 Å². The molecule has 2 atom stereocenters. The molecule has 1 aromatic heterocycles. The van der Waals surface area contributed by atoms with Gasteiger partial charge in [0.2, 0.25) is 0 Å². The van der Waals surface area contributed by atoms with Gasteiger partial charge in [0.05, 0.1) is 31.8 Å². The van der Waals surface area contributed by atoms with Crippen LogP contribution in [0.4, 0.5) is 4.39 Å². The molecular formula is C26H29FN2O5. The van der Waals surface area contributed by atoms with Crippen molar-refractivity contribution in [3.8, 4) is 5.75 Å². The van der Waals surface area contributed by atoms with Gasteiger partial charge in [-0.05, 0) is 35.9 Å². The van der Waals surface area contributed by atoms with Crippen LogP contribution in [0.5, 0.6) is 5.75 Å². The van der Waals surface area contributed by atoms with Crippen LogP contribution in [-0.4, -0.2) is 54.7 Å². The zero-order valence-electron chi connectivity index (χ0n) is 19.1. The summed E-state index contributed by atoms with van der Waals surface area (Å²) >= 11 is 0. The van der Waals surface area contributed by atoms with Gasteiger partial charge in [0.15, 0.2) is 0 Å². The van der Waals surface area contributed by atoms with E-state index in [1.807, 2.05) is 30.3 Å². The molecule has 3 aromatic rings. The lowest BCUT2D eigenvalue weighted by Gasteiger charge is -2.27. The Hall–Kier alpha value is -3.20. The minimum Gasteiger partial charge on any atom is -0.497 e. The van der Waals surface area contributed by atoms with Crippen LogP contribution in [0.2, 0.25) is 0 Å². The van der Waals surface area contributed by atoms with E-state index in [0.717, 1.165) is 11.3 Å². The fourth-order valence-corrected chi connectivity index (χ4v) is 3.94. The Bertz CT molecular complexity index is 1070. The fourth-order valence-electron chi connectivity index (χ4n) is 3.94. The first-order valence-corrected chi connectivity index (χ1v) is 11.2. The largest absolute Gasteiger partial charge is 0.497 e. The number of methoxy groups -OCH3 is 1. The van der Waals surface area contributed by atoms with E-state index in [2.05, 4.69) is 10.1 Å². The van der Waals surface area contributed by atoms with Gasteiger partial charge in [0, 0.05) is 31.6 Å². The Balaban J connectivity index is 1.37. The van der Waals surface area contributed by atoms with Crippen molar-refractivity contribution in [2.75, 3.05) is 26.8 Å². The second-order valence-electron chi connectivity index (χ2n) is 8.24. The first kappa shape index (κ1) is 23.9. The zero-order chi connectivity index (χ0) is 23.8. The SMILES string of the molecule is COc1cccc(CN(CC(O)COCc2ccco2)CC2CC(c3ccccc3F)=NO2)c1. The highest BCUT2D eigenvalue weighted by Crippen LogP contribution is 2.21. The number of hydrogen-bond donors (Lipinski definition) is 1. The van der Waals surface area contributed by atoms with E-state index in [0.29, 0.717) is 49.7 Å². The van der Waals surface area contributed by atoms with E-state index in [4.69, 9.17) is 18.7 Å². The molecule has 0 fully saturated rings. The maximum atomic E-state index is 14.2. The third-order valence-electron chi connectivity index (χ3n) is 5.52. The van der Waals surface area contributed by atoms with Gasteiger partial charge in [-0.2, -0.15) is 0 Å². The van der Waals surface area contributed by atoms with Crippen LogP contribution < -0.4 is 4.74 Å². The van der Waals surface area contributed by atoms with Gasteiger partial charge in [-0.3, -0.25) is 4.90 Å². The van der Waals surface area contributed by atoms with Gasteiger partial charge >= 0.3 is 0 Å². The van der Waals surface area contributed by atoms with Crippen molar-refractivity contribution < 1.29 is 28.2 Å². The third kappa shape index (κ3) is 6.66. The average Bonchev–Trinajstić information content (AvgIpc) is 3.52. The van der Waals surface area contributed by atoms with Crippen molar-refractivity contribution in [3.05, 3.63) is 89.6 Å². The molecular weight excluding hydrogens is 439 g/mol. The lowest BCUT2D eigenvalue weighted by molar-refractivity contribution is -0.00956. The molecule has 0 amide bonds. The molecule has 2 unspecified atom stereocenters. The van der Waals surface area contributed by atoms with Crippen LogP contribution in [0.1, 0.15) is 23.3 Å². The number of benzene rings is 2. The molecule has 0 bridgehead atoms. The van der Waals surface area contributed by atoms with Crippen LogP contribution in [-0.2, 0) is 22.7 Å². The Morgan fingerprint density at radius 2 is 2.06 bits per heavy atom. The molecule has 34 heavy (non-hydrogen) atoms. The molecule has 0 aliphatic carbocycles. The zero-order valence-corrected chi connectivity index (χ0v) is 19.1. The molecule has 1 aliphatic heterocycles. The van der Waals surface area contributed by atoms with Crippen LogP contribution >= 0.6 is 0 Å². The number of aliphatic hydroxyl groups excluding tert-OH is 1. The van der Waals surface area contributed by atoms with Gasteiger partial charge in [-0.15, -0.1) is 0 Å². The highest BCUT2D eigenvalue weighted by atomic mass is 19.1. The van der Waals surface area contributed by atoms with Crippen molar-refractivity contribution in [2.45, 2.75) is 31.8 Å². The number of aliphatic hydroxyl groups is 1. The summed E-state index contributed by atoms with van der Waals surface area (Å²) in [6.45, 7) is 1.91.